The van der Waals surface area contributed by atoms with E-state index >= 15 is 0 Å². The van der Waals surface area contributed by atoms with Crippen LogP contribution in [0.2, 0.25) is 0 Å². The van der Waals surface area contributed by atoms with Gasteiger partial charge < -0.3 is 4.57 Å². The van der Waals surface area contributed by atoms with Crippen molar-refractivity contribution >= 4 is 17.5 Å². The summed E-state index contributed by atoms with van der Waals surface area (Å²) >= 11 is 1.33. The molecule has 0 N–H and O–H groups in total. The summed E-state index contributed by atoms with van der Waals surface area (Å²) in [5.74, 6) is -0.139. The molecule has 2 aromatic carbocycles. The van der Waals surface area contributed by atoms with Gasteiger partial charge in [-0.15, -0.1) is 10.2 Å². The molecule has 0 unspecified atom stereocenters. The van der Waals surface area contributed by atoms with Gasteiger partial charge in [-0.3, -0.25) is 9.36 Å². The predicted molar refractivity (Wildman–Crippen MR) is 112 cm³/mol. The molecule has 0 saturated heterocycles. The maximum absolute atomic E-state index is 14.3. The lowest BCUT2D eigenvalue weighted by molar-refractivity contribution is 0.102. The zero-order chi connectivity index (χ0) is 20.4. The number of ketones is 1. The van der Waals surface area contributed by atoms with Gasteiger partial charge in [0.25, 0.3) is 0 Å². The maximum Gasteiger partial charge on any atom is 0.196 e. The quantitative estimate of drug-likeness (QED) is 0.341. The Labute approximate surface area is 172 Å². The molecule has 0 aliphatic rings. The molecule has 0 aliphatic carbocycles. The second-order valence-electron chi connectivity index (χ2n) is 6.60. The lowest BCUT2D eigenvalue weighted by Crippen LogP contribution is -2.07. The highest BCUT2D eigenvalue weighted by molar-refractivity contribution is 7.99. The minimum Gasteiger partial charge on any atom is -0.315 e. The topological polar surface area (TPSA) is 52.7 Å². The third kappa shape index (κ3) is 3.73. The van der Waals surface area contributed by atoms with Crippen LogP contribution in [-0.4, -0.2) is 30.9 Å². The standard InChI is InChI=1S/C22H19FN4OS/c1-15-12-18(16(2)27(15)20-11-7-6-10-19(20)23)21(28)13-29-22-25-24-14-26(22)17-8-4-3-5-9-17/h3-12,14H,13H2,1-2H3. The zero-order valence-electron chi connectivity index (χ0n) is 16.0. The molecular formula is C22H19FN4OS. The Morgan fingerprint density at radius 1 is 1.07 bits per heavy atom. The summed E-state index contributed by atoms with van der Waals surface area (Å²) < 4.78 is 17.9. The van der Waals surface area contributed by atoms with Crippen molar-refractivity contribution in [3.05, 3.63) is 89.8 Å². The van der Waals surface area contributed by atoms with Gasteiger partial charge in [0.1, 0.15) is 12.1 Å². The molecule has 29 heavy (non-hydrogen) atoms. The van der Waals surface area contributed by atoms with E-state index in [1.54, 1.807) is 29.1 Å². The van der Waals surface area contributed by atoms with Crippen LogP contribution in [0, 0.1) is 19.7 Å². The number of aryl methyl sites for hydroxylation is 1. The van der Waals surface area contributed by atoms with Crippen molar-refractivity contribution in [2.75, 3.05) is 5.75 Å². The van der Waals surface area contributed by atoms with E-state index < -0.39 is 0 Å². The zero-order valence-corrected chi connectivity index (χ0v) is 16.9. The van der Waals surface area contributed by atoms with Gasteiger partial charge in [0, 0.05) is 22.6 Å². The normalized spacial score (nSPS) is 11.0. The van der Waals surface area contributed by atoms with E-state index in [9.17, 15) is 9.18 Å². The smallest absolute Gasteiger partial charge is 0.196 e. The van der Waals surface area contributed by atoms with Gasteiger partial charge in [-0.2, -0.15) is 0 Å². The molecule has 0 spiro atoms. The SMILES string of the molecule is Cc1cc(C(=O)CSc2nncn2-c2ccccc2)c(C)n1-c1ccccc1F. The van der Waals surface area contributed by atoms with E-state index in [0.29, 0.717) is 16.4 Å². The Hall–Kier alpha value is -3.19. The summed E-state index contributed by atoms with van der Waals surface area (Å²) in [5.41, 5.74) is 3.50. The van der Waals surface area contributed by atoms with Crippen LogP contribution in [0.15, 0.2) is 72.1 Å². The van der Waals surface area contributed by atoms with Crippen LogP contribution in [0.5, 0.6) is 0 Å². The van der Waals surface area contributed by atoms with Gasteiger partial charge >= 0.3 is 0 Å². The fourth-order valence-electron chi connectivity index (χ4n) is 3.35. The number of aromatic nitrogens is 4. The van der Waals surface area contributed by atoms with E-state index in [4.69, 9.17) is 0 Å². The molecule has 0 amide bonds. The number of benzene rings is 2. The molecule has 4 aromatic rings. The number of nitrogens with zero attached hydrogens (tertiary/aromatic N) is 4. The van der Waals surface area contributed by atoms with E-state index in [2.05, 4.69) is 10.2 Å². The first kappa shape index (κ1) is 19.1. The van der Waals surface area contributed by atoms with Crippen LogP contribution < -0.4 is 0 Å². The third-order valence-corrected chi connectivity index (χ3v) is 5.65. The van der Waals surface area contributed by atoms with E-state index in [1.165, 1.54) is 17.8 Å². The number of halogens is 1. The molecule has 0 bridgehead atoms. The number of carbonyl (C=O) groups is 1. The average molecular weight is 406 g/mol. The van der Waals surface area contributed by atoms with E-state index in [1.807, 2.05) is 54.8 Å². The van der Waals surface area contributed by atoms with Crippen LogP contribution in [0.25, 0.3) is 11.4 Å². The molecule has 2 heterocycles. The number of Topliss-reactive ketones (excluding diaryl/α,β-unsaturated/α-hetero) is 1. The number of carbonyl (C=O) groups excluding carboxylic acids is 1. The maximum atomic E-state index is 14.3. The molecule has 5 nitrogen and oxygen atoms in total. The van der Waals surface area contributed by atoms with Crippen molar-refractivity contribution < 1.29 is 9.18 Å². The molecule has 4 rings (SSSR count). The Bertz CT molecular complexity index is 1170. The number of hydrogen-bond acceptors (Lipinski definition) is 4. The van der Waals surface area contributed by atoms with Gasteiger partial charge in [-0.25, -0.2) is 4.39 Å². The Kier molecular flexibility index (Phi) is 5.31. The number of thioether (sulfide) groups is 1. The molecule has 0 atom stereocenters. The highest BCUT2D eigenvalue weighted by atomic mass is 32.2. The Morgan fingerprint density at radius 2 is 1.79 bits per heavy atom. The Morgan fingerprint density at radius 3 is 2.55 bits per heavy atom. The van der Waals surface area contributed by atoms with Crippen LogP contribution in [-0.2, 0) is 0 Å². The van der Waals surface area contributed by atoms with Gasteiger partial charge in [0.2, 0.25) is 0 Å². The monoisotopic (exact) mass is 406 g/mol. The van der Waals surface area contributed by atoms with Crippen molar-refractivity contribution in [3.63, 3.8) is 0 Å². The molecular weight excluding hydrogens is 387 g/mol. The van der Waals surface area contributed by atoms with Gasteiger partial charge in [-0.1, -0.05) is 42.1 Å². The van der Waals surface area contributed by atoms with Gasteiger partial charge in [0.05, 0.1) is 11.4 Å². The highest BCUT2D eigenvalue weighted by Gasteiger charge is 2.19. The first-order valence-electron chi connectivity index (χ1n) is 9.11. The van der Waals surface area contributed by atoms with Crippen LogP contribution in [0.1, 0.15) is 21.7 Å². The number of rotatable bonds is 6. The summed E-state index contributed by atoms with van der Waals surface area (Å²) in [6.07, 6.45) is 1.63. The second kappa shape index (κ2) is 8.05. The van der Waals surface area contributed by atoms with Crippen LogP contribution >= 0.6 is 11.8 Å². The fourth-order valence-corrected chi connectivity index (χ4v) is 4.16. The minimum absolute atomic E-state index is 0.0340. The average Bonchev–Trinajstić information content (AvgIpc) is 3.32. The summed E-state index contributed by atoms with van der Waals surface area (Å²) in [6, 6.07) is 18.1. The summed E-state index contributed by atoms with van der Waals surface area (Å²) in [5, 5.41) is 8.75. The summed E-state index contributed by atoms with van der Waals surface area (Å²) in [4.78, 5) is 12.9. The Balaban J connectivity index is 1.56. The lowest BCUT2D eigenvalue weighted by Gasteiger charge is -2.10. The first-order chi connectivity index (χ1) is 14.1. The molecule has 2 aromatic heterocycles. The molecule has 146 valence electrons. The highest BCUT2D eigenvalue weighted by Crippen LogP contribution is 2.25. The molecule has 0 saturated carbocycles. The van der Waals surface area contributed by atoms with Crippen LogP contribution in [0.3, 0.4) is 0 Å². The number of para-hydroxylation sites is 2. The third-order valence-electron chi connectivity index (χ3n) is 4.71. The summed E-state index contributed by atoms with van der Waals surface area (Å²) in [6.45, 7) is 3.71. The van der Waals surface area contributed by atoms with Crippen molar-refractivity contribution in [3.8, 4) is 11.4 Å². The first-order valence-corrected chi connectivity index (χ1v) is 10.1. The largest absolute Gasteiger partial charge is 0.315 e. The van der Waals surface area contributed by atoms with Crippen molar-refractivity contribution in [1.82, 2.24) is 19.3 Å². The van der Waals surface area contributed by atoms with E-state index in [0.717, 1.165) is 17.1 Å². The van der Waals surface area contributed by atoms with E-state index in [-0.39, 0.29) is 17.4 Å². The number of hydrogen-bond donors (Lipinski definition) is 0. The molecule has 0 fully saturated rings. The van der Waals surface area contributed by atoms with Crippen LogP contribution in [0.4, 0.5) is 4.39 Å². The lowest BCUT2D eigenvalue weighted by atomic mass is 10.2. The predicted octanol–water partition coefficient (Wildman–Crippen LogP) is 4.79. The fraction of sp³-hybridized carbons (Fsp3) is 0.136. The minimum atomic E-state index is -0.321. The molecule has 7 heteroatoms. The summed E-state index contributed by atoms with van der Waals surface area (Å²) in [7, 11) is 0. The molecule has 0 aliphatic heterocycles. The van der Waals surface area contributed by atoms with Crippen molar-refractivity contribution in [2.24, 2.45) is 0 Å². The molecule has 0 radical (unpaired) electrons. The van der Waals surface area contributed by atoms with Gasteiger partial charge in [-0.05, 0) is 44.2 Å². The van der Waals surface area contributed by atoms with Gasteiger partial charge in [0.15, 0.2) is 10.9 Å². The second-order valence-corrected chi connectivity index (χ2v) is 7.55. The van der Waals surface area contributed by atoms with Crippen molar-refractivity contribution in [2.45, 2.75) is 19.0 Å². The van der Waals surface area contributed by atoms with Crippen molar-refractivity contribution in [1.29, 1.82) is 0 Å².